The summed E-state index contributed by atoms with van der Waals surface area (Å²) in [5, 5.41) is 3.28. The Morgan fingerprint density at radius 3 is 2.71 bits per heavy atom. The lowest BCUT2D eigenvalue weighted by atomic mass is 10.0. The summed E-state index contributed by atoms with van der Waals surface area (Å²) in [5.41, 5.74) is 8.97. The molecule has 2 rings (SSSR count). The molecule has 0 saturated heterocycles. The van der Waals surface area contributed by atoms with Crippen LogP contribution in [0.2, 0.25) is 0 Å². The Morgan fingerprint density at radius 2 is 2.00 bits per heavy atom. The van der Waals surface area contributed by atoms with E-state index >= 15 is 0 Å². The van der Waals surface area contributed by atoms with Crippen molar-refractivity contribution >= 4 is 17.2 Å². The lowest BCUT2D eigenvalue weighted by molar-refractivity contribution is 0.867. The highest BCUT2D eigenvalue weighted by molar-refractivity contribution is 5.69. The number of nitrogen functional groups attached to an aromatic ring is 1. The zero-order valence-electron chi connectivity index (χ0n) is 10.1. The Balaban J connectivity index is 2.25. The number of benzene rings is 1. The maximum Gasteiger partial charge on any atom is 0.147 e. The molecule has 0 aliphatic heterocycles. The minimum Gasteiger partial charge on any atom is -0.382 e. The van der Waals surface area contributed by atoms with Crippen molar-refractivity contribution in [3.63, 3.8) is 0 Å². The molecule has 3 heteroatoms. The number of nitrogens with one attached hydrogen (secondary N) is 1. The Kier molecular flexibility index (Phi) is 3.28. The minimum absolute atomic E-state index is 0.516. The van der Waals surface area contributed by atoms with E-state index in [0.29, 0.717) is 11.7 Å². The van der Waals surface area contributed by atoms with Crippen molar-refractivity contribution in [2.45, 2.75) is 19.8 Å². The van der Waals surface area contributed by atoms with Crippen molar-refractivity contribution in [2.75, 3.05) is 11.1 Å². The topological polar surface area (TPSA) is 50.9 Å². The summed E-state index contributed by atoms with van der Waals surface area (Å²) in [6.45, 7) is 4.36. The first kappa shape index (κ1) is 11.5. The van der Waals surface area contributed by atoms with Crippen LogP contribution in [0.15, 0.2) is 42.6 Å². The normalized spacial score (nSPS) is 10.5. The van der Waals surface area contributed by atoms with Crippen molar-refractivity contribution < 1.29 is 0 Å². The van der Waals surface area contributed by atoms with Gasteiger partial charge in [0.05, 0.1) is 5.69 Å². The van der Waals surface area contributed by atoms with Crippen LogP contribution in [-0.2, 0) is 0 Å². The van der Waals surface area contributed by atoms with E-state index in [1.807, 2.05) is 24.3 Å². The van der Waals surface area contributed by atoms with Gasteiger partial charge in [-0.3, -0.25) is 0 Å². The summed E-state index contributed by atoms with van der Waals surface area (Å²) < 4.78 is 0. The molecule has 0 bridgehead atoms. The van der Waals surface area contributed by atoms with Gasteiger partial charge in [0.15, 0.2) is 0 Å². The van der Waals surface area contributed by atoms with Gasteiger partial charge in [0.2, 0.25) is 0 Å². The molecule has 0 saturated carbocycles. The molecule has 0 unspecified atom stereocenters. The Morgan fingerprint density at radius 1 is 1.18 bits per heavy atom. The van der Waals surface area contributed by atoms with Crippen LogP contribution in [-0.4, -0.2) is 4.98 Å². The summed E-state index contributed by atoms with van der Waals surface area (Å²) in [4.78, 5) is 4.05. The van der Waals surface area contributed by atoms with Crippen LogP contribution < -0.4 is 11.1 Å². The zero-order chi connectivity index (χ0) is 12.3. The first-order valence-corrected chi connectivity index (χ1v) is 5.74. The Labute approximate surface area is 102 Å². The fourth-order valence-electron chi connectivity index (χ4n) is 1.65. The van der Waals surface area contributed by atoms with Gasteiger partial charge < -0.3 is 11.1 Å². The second-order valence-electron chi connectivity index (χ2n) is 4.34. The highest BCUT2D eigenvalue weighted by Gasteiger charge is 2.02. The molecule has 0 atom stereocenters. The molecule has 0 aliphatic carbocycles. The van der Waals surface area contributed by atoms with Crippen molar-refractivity contribution in [3.05, 3.63) is 48.2 Å². The molecule has 2 aromatic rings. The Bertz CT molecular complexity index is 506. The van der Waals surface area contributed by atoms with Gasteiger partial charge in [0.1, 0.15) is 5.82 Å². The number of aromatic nitrogens is 1. The average Bonchev–Trinajstić information content (AvgIpc) is 2.32. The highest BCUT2D eigenvalue weighted by atomic mass is 15.0. The van der Waals surface area contributed by atoms with Crippen LogP contribution in [0.25, 0.3) is 0 Å². The van der Waals surface area contributed by atoms with Gasteiger partial charge in [-0.15, -0.1) is 0 Å². The summed E-state index contributed by atoms with van der Waals surface area (Å²) in [6, 6.07) is 12.1. The number of nitrogens with two attached hydrogens (primary N) is 1. The maximum atomic E-state index is 5.79. The summed E-state index contributed by atoms with van der Waals surface area (Å²) in [7, 11) is 0. The second-order valence-corrected chi connectivity index (χ2v) is 4.34. The van der Waals surface area contributed by atoms with Gasteiger partial charge in [0, 0.05) is 11.9 Å². The maximum absolute atomic E-state index is 5.79. The van der Waals surface area contributed by atoms with E-state index < -0.39 is 0 Å². The van der Waals surface area contributed by atoms with Gasteiger partial charge in [0.25, 0.3) is 0 Å². The number of rotatable bonds is 3. The second kappa shape index (κ2) is 4.87. The van der Waals surface area contributed by atoms with Crippen LogP contribution in [0.3, 0.4) is 0 Å². The van der Waals surface area contributed by atoms with Crippen molar-refractivity contribution in [2.24, 2.45) is 0 Å². The summed E-state index contributed by atoms with van der Waals surface area (Å²) in [5.74, 6) is 1.03. The van der Waals surface area contributed by atoms with Crippen LogP contribution in [0, 0.1) is 0 Å². The van der Waals surface area contributed by atoms with Crippen LogP contribution in [0.4, 0.5) is 17.2 Å². The molecular formula is C14H17N3. The van der Waals surface area contributed by atoms with E-state index in [-0.39, 0.29) is 0 Å². The molecule has 3 nitrogen and oxygen atoms in total. The fourth-order valence-corrected chi connectivity index (χ4v) is 1.65. The molecular weight excluding hydrogens is 210 g/mol. The lowest BCUT2D eigenvalue weighted by Crippen LogP contribution is -1.98. The van der Waals surface area contributed by atoms with E-state index in [1.54, 1.807) is 6.20 Å². The van der Waals surface area contributed by atoms with Crippen LogP contribution in [0.1, 0.15) is 25.3 Å². The van der Waals surface area contributed by atoms with E-state index in [9.17, 15) is 0 Å². The van der Waals surface area contributed by atoms with E-state index in [2.05, 4.69) is 36.3 Å². The molecule has 1 heterocycles. The van der Waals surface area contributed by atoms with Crippen LogP contribution in [0.5, 0.6) is 0 Å². The van der Waals surface area contributed by atoms with Gasteiger partial charge in [-0.25, -0.2) is 4.98 Å². The zero-order valence-corrected chi connectivity index (χ0v) is 10.1. The molecule has 17 heavy (non-hydrogen) atoms. The number of nitrogens with zero attached hydrogens (tertiary/aromatic N) is 1. The molecule has 88 valence electrons. The molecule has 1 aromatic carbocycles. The number of pyridine rings is 1. The third-order valence-electron chi connectivity index (χ3n) is 2.67. The van der Waals surface area contributed by atoms with E-state index in [4.69, 9.17) is 5.73 Å². The standard InChI is InChI=1S/C14H17N3/c1-10(2)11-5-3-6-12(9-11)17-13-7-4-8-16-14(13)15/h3-10,17H,1-2H3,(H2,15,16). The largest absolute Gasteiger partial charge is 0.382 e. The quantitative estimate of drug-likeness (QED) is 0.843. The predicted octanol–water partition coefficient (Wildman–Crippen LogP) is 3.53. The molecule has 0 amide bonds. The Hall–Kier alpha value is -2.03. The van der Waals surface area contributed by atoms with Crippen molar-refractivity contribution in [3.8, 4) is 0 Å². The van der Waals surface area contributed by atoms with Gasteiger partial charge in [-0.1, -0.05) is 26.0 Å². The number of anilines is 3. The number of hydrogen-bond acceptors (Lipinski definition) is 3. The third kappa shape index (κ3) is 2.75. The van der Waals surface area contributed by atoms with E-state index in [0.717, 1.165) is 11.4 Å². The van der Waals surface area contributed by atoms with Crippen molar-refractivity contribution in [1.29, 1.82) is 0 Å². The van der Waals surface area contributed by atoms with Gasteiger partial charge in [-0.2, -0.15) is 0 Å². The SMILES string of the molecule is CC(C)c1cccc(Nc2cccnc2N)c1. The minimum atomic E-state index is 0.516. The fraction of sp³-hybridized carbons (Fsp3) is 0.214. The first-order valence-electron chi connectivity index (χ1n) is 5.74. The number of hydrogen-bond donors (Lipinski definition) is 2. The molecule has 1 aromatic heterocycles. The van der Waals surface area contributed by atoms with E-state index in [1.165, 1.54) is 5.56 Å². The van der Waals surface area contributed by atoms with Crippen LogP contribution >= 0.6 is 0 Å². The summed E-state index contributed by atoms with van der Waals surface area (Å²) >= 11 is 0. The molecule has 0 radical (unpaired) electrons. The van der Waals surface area contributed by atoms with Crippen molar-refractivity contribution in [1.82, 2.24) is 4.98 Å². The predicted molar refractivity (Wildman–Crippen MR) is 72.5 cm³/mol. The monoisotopic (exact) mass is 227 g/mol. The smallest absolute Gasteiger partial charge is 0.147 e. The molecule has 3 N–H and O–H groups in total. The molecule has 0 fully saturated rings. The summed E-state index contributed by atoms with van der Waals surface area (Å²) in [6.07, 6.45) is 1.69. The van der Waals surface area contributed by atoms with Gasteiger partial charge in [-0.05, 0) is 35.7 Å². The first-order chi connectivity index (χ1) is 8.16. The molecule has 0 aliphatic rings. The van der Waals surface area contributed by atoms with Gasteiger partial charge >= 0.3 is 0 Å². The third-order valence-corrected chi connectivity index (χ3v) is 2.67. The highest BCUT2D eigenvalue weighted by Crippen LogP contribution is 2.23. The molecule has 0 spiro atoms. The lowest BCUT2D eigenvalue weighted by Gasteiger charge is -2.11. The average molecular weight is 227 g/mol.